The van der Waals surface area contributed by atoms with Crippen molar-refractivity contribution in [2.75, 3.05) is 0 Å². The van der Waals surface area contributed by atoms with Gasteiger partial charge in [0.1, 0.15) is 0 Å². The summed E-state index contributed by atoms with van der Waals surface area (Å²) in [5.74, 6) is 4.72. The van der Waals surface area contributed by atoms with E-state index in [0.717, 1.165) is 10.0 Å². The van der Waals surface area contributed by atoms with Gasteiger partial charge in [0, 0.05) is 4.47 Å². The van der Waals surface area contributed by atoms with Gasteiger partial charge in [0.2, 0.25) is 0 Å². The Hall–Kier alpha value is -0.870. The molecule has 0 unspecified atom stereocenters. The Labute approximate surface area is 79.1 Å². The third-order valence-electron chi connectivity index (χ3n) is 1.50. The van der Waals surface area contributed by atoms with Crippen molar-refractivity contribution in [3.63, 3.8) is 0 Å². The first-order valence-corrected chi connectivity index (χ1v) is 4.21. The van der Waals surface area contributed by atoms with Crippen LogP contribution in [0.15, 0.2) is 22.7 Å². The molecule has 0 aliphatic carbocycles. The zero-order valence-corrected chi connectivity index (χ0v) is 8.18. The van der Waals surface area contributed by atoms with Crippen LogP contribution in [0, 0.1) is 6.92 Å². The van der Waals surface area contributed by atoms with Gasteiger partial charge in [0.25, 0.3) is 5.91 Å². The number of nitrogens with two attached hydrogens (primary N) is 1. The second-order valence-electron chi connectivity index (χ2n) is 2.46. The maximum atomic E-state index is 11.1. The van der Waals surface area contributed by atoms with Crippen LogP contribution in [-0.2, 0) is 0 Å². The highest BCUT2D eigenvalue weighted by molar-refractivity contribution is 9.10. The summed E-state index contributed by atoms with van der Waals surface area (Å²) < 4.78 is 0.746. The molecule has 0 bridgehead atoms. The Morgan fingerprint density at radius 1 is 1.58 bits per heavy atom. The molecule has 1 amide bonds. The van der Waals surface area contributed by atoms with E-state index in [4.69, 9.17) is 5.84 Å². The average Bonchev–Trinajstić information content (AvgIpc) is 2.08. The van der Waals surface area contributed by atoms with E-state index in [1.54, 1.807) is 6.07 Å². The molecule has 12 heavy (non-hydrogen) atoms. The Kier molecular flexibility index (Phi) is 2.83. The van der Waals surface area contributed by atoms with E-state index in [2.05, 4.69) is 21.4 Å². The van der Waals surface area contributed by atoms with Gasteiger partial charge in [0.15, 0.2) is 0 Å². The van der Waals surface area contributed by atoms with Crippen molar-refractivity contribution in [3.8, 4) is 0 Å². The van der Waals surface area contributed by atoms with Gasteiger partial charge in [-0.25, -0.2) is 5.84 Å². The standard InChI is InChI=1S/C8H9BrN2O/c1-5-2-3-7(9)6(4-5)8(12)11-10/h2-4H,10H2,1H3,(H,11,12). The lowest BCUT2D eigenvalue weighted by Crippen LogP contribution is -2.30. The molecule has 4 heteroatoms. The first kappa shape index (κ1) is 9.22. The summed E-state index contributed by atoms with van der Waals surface area (Å²) >= 11 is 3.26. The fraction of sp³-hybridized carbons (Fsp3) is 0.125. The van der Waals surface area contributed by atoms with Crippen molar-refractivity contribution in [1.82, 2.24) is 5.43 Å². The second kappa shape index (κ2) is 3.69. The maximum Gasteiger partial charge on any atom is 0.266 e. The molecule has 0 aliphatic heterocycles. The number of hydrazine groups is 1. The summed E-state index contributed by atoms with van der Waals surface area (Å²) in [6, 6.07) is 5.50. The predicted molar refractivity (Wildman–Crippen MR) is 50.5 cm³/mol. The Bertz CT molecular complexity index is 312. The predicted octanol–water partition coefficient (Wildman–Crippen LogP) is 1.36. The lowest BCUT2D eigenvalue weighted by atomic mass is 10.1. The van der Waals surface area contributed by atoms with E-state index in [0.29, 0.717) is 5.56 Å². The zero-order chi connectivity index (χ0) is 9.14. The van der Waals surface area contributed by atoms with Crippen molar-refractivity contribution in [3.05, 3.63) is 33.8 Å². The van der Waals surface area contributed by atoms with Gasteiger partial charge in [-0.05, 0) is 35.0 Å². The molecule has 1 aromatic carbocycles. The van der Waals surface area contributed by atoms with Crippen LogP contribution in [0.25, 0.3) is 0 Å². The van der Waals surface area contributed by atoms with Crippen molar-refractivity contribution >= 4 is 21.8 Å². The number of rotatable bonds is 1. The number of carbonyl (C=O) groups excluding carboxylic acids is 1. The fourth-order valence-electron chi connectivity index (χ4n) is 0.891. The minimum absolute atomic E-state index is 0.287. The molecule has 0 aromatic heterocycles. The van der Waals surface area contributed by atoms with Crippen LogP contribution in [0.5, 0.6) is 0 Å². The van der Waals surface area contributed by atoms with Crippen molar-refractivity contribution in [2.24, 2.45) is 5.84 Å². The molecule has 0 heterocycles. The molecule has 3 N–H and O–H groups in total. The SMILES string of the molecule is Cc1ccc(Br)c(C(=O)NN)c1. The highest BCUT2D eigenvalue weighted by atomic mass is 79.9. The summed E-state index contributed by atoms with van der Waals surface area (Å²) in [5, 5.41) is 0. The average molecular weight is 229 g/mol. The maximum absolute atomic E-state index is 11.1. The molecule has 1 rings (SSSR count). The van der Waals surface area contributed by atoms with Gasteiger partial charge in [0.05, 0.1) is 5.56 Å². The largest absolute Gasteiger partial charge is 0.290 e. The molecule has 0 saturated carbocycles. The minimum atomic E-state index is -0.287. The van der Waals surface area contributed by atoms with Crippen LogP contribution in [0.4, 0.5) is 0 Å². The lowest BCUT2D eigenvalue weighted by molar-refractivity contribution is 0.0953. The molecule has 0 aliphatic rings. The van der Waals surface area contributed by atoms with Crippen LogP contribution < -0.4 is 11.3 Å². The van der Waals surface area contributed by atoms with Crippen LogP contribution in [-0.4, -0.2) is 5.91 Å². The molecule has 0 spiro atoms. The molecule has 3 nitrogen and oxygen atoms in total. The highest BCUT2D eigenvalue weighted by Crippen LogP contribution is 2.17. The Morgan fingerprint density at radius 3 is 2.83 bits per heavy atom. The Balaban J connectivity index is 3.13. The van der Waals surface area contributed by atoms with E-state index in [1.807, 2.05) is 19.1 Å². The Morgan fingerprint density at radius 2 is 2.25 bits per heavy atom. The molecular weight excluding hydrogens is 220 g/mol. The van der Waals surface area contributed by atoms with E-state index >= 15 is 0 Å². The van der Waals surface area contributed by atoms with Gasteiger partial charge in [-0.3, -0.25) is 10.2 Å². The normalized spacial score (nSPS) is 9.58. The first-order valence-electron chi connectivity index (χ1n) is 3.42. The van der Waals surface area contributed by atoms with Gasteiger partial charge < -0.3 is 0 Å². The summed E-state index contributed by atoms with van der Waals surface area (Å²) in [7, 11) is 0. The minimum Gasteiger partial charge on any atom is -0.290 e. The molecule has 0 fully saturated rings. The van der Waals surface area contributed by atoms with E-state index in [9.17, 15) is 4.79 Å². The quantitative estimate of drug-likeness (QED) is 0.434. The number of carbonyl (C=O) groups is 1. The number of hydrogen-bond donors (Lipinski definition) is 2. The molecular formula is C8H9BrN2O. The third-order valence-corrected chi connectivity index (χ3v) is 2.19. The summed E-state index contributed by atoms with van der Waals surface area (Å²) in [6.45, 7) is 1.92. The van der Waals surface area contributed by atoms with Crippen LogP contribution in [0.3, 0.4) is 0 Å². The van der Waals surface area contributed by atoms with Crippen LogP contribution in [0.2, 0.25) is 0 Å². The first-order chi connectivity index (χ1) is 5.65. The summed E-state index contributed by atoms with van der Waals surface area (Å²) in [6.07, 6.45) is 0. The third kappa shape index (κ3) is 1.84. The van der Waals surface area contributed by atoms with E-state index in [-0.39, 0.29) is 5.91 Å². The number of nitrogen functional groups attached to an aromatic ring is 1. The fourth-order valence-corrected chi connectivity index (χ4v) is 1.32. The highest BCUT2D eigenvalue weighted by Gasteiger charge is 2.07. The van der Waals surface area contributed by atoms with Crippen LogP contribution in [0.1, 0.15) is 15.9 Å². The van der Waals surface area contributed by atoms with Crippen molar-refractivity contribution in [1.29, 1.82) is 0 Å². The van der Waals surface area contributed by atoms with Crippen molar-refractivity contribution in [2.45, 2.75) is 6.92 Å². The molecule has 0 saturated heterocycles. The van der Waals surface area contributed by atoms with Gasteiger partial charge in [-0.15, -0.1) is 0 Å². The molecule has 1 aromatic rings. The van der Waals surface area contributed by atoms with Crippen molar-refractivity contribution < 1.29 is 4.79 Å². The molecule has 0 radical (unpaired) electrons. The number of benzene rings is 1. The molecule has 0 atom stereocenters. The smallest absolute Gasteiger partial charge is 0.266 e. The number of nitrogens with one attached hydrogen (secondary N) is 1. The van der Waals surface area contributed by atoms with Gasteiger partial charge >= 0.3 is 0 Å². The summed E-state index contributed by atoms with van der Waals surface area (Å²) in [4.78, 5) is 11.1. The van der Waals surface area contributed by atoms with Gasteiger partial charge in [-0.1, -0.05) is 11.6 Å². The summed E-state index contributed by atoms with van der Waals surface area (Å²) in [5.41, 5.74) is 3.66. The topological polar surface area (TPSA) is 55.1 Å². The van der Waals surface area contributed by atoms with E-state index < -0.39 is 0 Å². The number of aryl methyl sites for hydroxylation is 1. The van der Waals surface area contributed by atoms with Crippen LogP contribution >= 0.6 is 15.9 Å². The number of halogens is 1. The zero-order valence-electron chi connectivity index (χ0n) is 6.60. The number of hydrogen-bond acceptors (Lipinski definition) is 2. The van der Waals surface area contributed by atoms with Gasteiger partial charge in [-0.2, -0.15) is 0 Å². The van der Waals surface area contributed by atoms with E-state index in [1.165, 1.54) is 0 Å². The second-order valence-corrected chi connectivity index (χ2v) is 3.31. The molecule has 64 valence electrons. The monoisotopic (exact) mass is 228 g/mol. The number of amides is 1. The lowest BCUT2D eigenvalue weighted by Gasteiger charge is -2.02.